The Balaban J connectivity index is 3.34. The smallest absolute Gasteiger partial charge is 0.378 e. The normalized spacial score (nSPS) is 25.6. The van der Waals surface area contributed by atoms with E-state index < -0.39 is 41.3 Å². The number of rotatable bonds is 1. The number of Topliss-reactive ketones (excluding diaryl/α,β-unsaturated/α-hetero) is 1. The number of carbonyl (C=O) groups excluding carboxylic acids is 1. The average Bonchev–Trinajstić information content (AvgIpc) is 2.13. The number of aliphatic hydroxyl groups is 1. The van der Waals surface area contributed by atoms with Crippen LogP contribution in [0.25, 0.3) is 0 Å². The van der Waals surface area contributed by atoms with Crippen molar-refractivity contribution < 1.29 is 36.2 Å². The molecule has 1 aliphatic carbocycles. The van der Waals surface area contributed by atoms with Crippen molar-refractivity contribution in [1.29, 1.82) is 0 Å². The van der Waals surface area contributed by atoms with Crippen LogP contribution in [0.2, 0.25) is 0 Å². The molecule has 1 N–H and O–H groups in total. The number of allylic oxidation sites excluding steroid dienone is 2. The maximum Gasteiger partial charge on any atom is 0.416 e. The Morgan fingerprint density at radius 2 is 1.72 bits per heavy atom. The molecular weight excluding hydrogens is 266 g/mol. The van der Waals surface area contributed by atoms with E-state index in [4.69, 9.17) is 0 Å². The molecule has 18 heavy (non-hydrogen) atoms. The van der Waals surface area contributed by atoms with E-state index >= 15 is 0 Å². The number of hydrogen-bond donors (Lipinski definition) is 1. The Morgan fingerprint density at radius 1 is 1.22 bits per heavy atom. The van der Waals surface area contributed by atoms with Crippen LogP contribution < -0.4 is 0 Å². The molecule has 0 aromatic heterocycles. The van der Waals surface area contributed by atoms with E-state index in [0.717, 1.165) is 6.92 Å². The van der Waals surface area contributed by atoms with Gasteiger partial charge in [-0.05, 0) is 19.1 Å². The van der Waals surface area contributed by atoms with Crippen molar-refractivity contribution in [2.45, 2.75) is 31.3 Å². The zero-order valence-electron chi connectivity index (χ0n) is 8.99. The highest BCUT2D eigenvalue weighted by molar-refractivity contribution is 5.88. The zero-order valence-corrected chi connectivity index (χ0v) is 8.99. The van der Waals surface area contributed by atoms with Crippen LogP contribution in [0, 0.1) is 0 Å². The summed E-state index contributed by atoms with van der Waals surface area (Å²) in [5, 5.41) is 9.55. The van der Waals surface area contributed by atoms with E-state index in [1.807, 2.05) is 0 Å². The summed E-state index contributed by atoms with van der Waals surface area (Å²) in [5.41, 5.74) is -6.04. The van der Waals surface area contributed by atoms with Gasteiger partial charge in [0.1, 0.15) is 5.60 Å². The lowest BCUT2D eigenvalue weighted by molar-refractivity contribution is -0.134. The third kappa shape index (κ3) is 2.92. The molecule has 0 unspecified atom stereocenters. The van der Waals surface area contributed by atoms with E-state index in [-0.39, 0.29) is 12.2 Å². The lowest BCUT2D eigenvalue weighted by atomic mass is 9.83. The third-order valence-corrected chi connectivity index (χ3v) is 2.49. The van der Waals surface area contributed by atoms with Gasteiger partial charge in [0.15, 0.2) is 5.78 Å². The molecule has 0 saturated heterocycles. The highest BCUT2D eigenvalue weighted by atomic mass is 19.4. The lowest BCUT2D eigenvalue weighted by Crippen LogP contribution is -2.40. The quantitative estimate of drug-likeness (QED) is 0.746. The highest BCUT2D eigenvalue weighted by Gasteiger charge is 2.47. The molecule has 1 aliphatic rings. The first-order chi connectivity index (χ1) is 7.86. The first-order valence-electron chi connectivity index (χ1n) is 4.67. The fourth-order valence-electron chi connectivity index (χ4n) is 1.45. The van der Waals surface area contributed by atoms with Crippen molar-refractivity contribution in [3.8, 4) is 0 Å². The summed E-state index contributed by atoms with van der Waals surface area (Å²) in [6.45, 7) is 0.726. The van der Waals surface area contributed by atoms with Crippen LogP contribution in [0.1, 0.15) is 13.3 Å². The zero-order chi connectivity index (χ0) is 14.4. The number of halogens is 6. The van der Waals surface area contributed by atoms with Gasteiger partial charge in [-0.2, -0.15) is 26.3 Å². The number of alkyl halides is 6. The van der Waals surface area contributed by atoms with Crippen molar-refractivity contribution in [3.63, 3.8) is 0 Å². The molecule has 2 nitrogen and oxygen atoms in total. The first-order valence-corrected chi connectivity index (χ1v) is 4.67. The van der Waals surface area contributed by atoms with Gasteiger partial charge in [0.2, 0.25) is 0 Å². The molecule has 0 spiro atoms. The molecule has 1 atom stereocenters. The molecule has 0 radical (unpaired) electrons. The van der Waals surface area contributed by atoms with Crippen molar-refractivity contribution in [3.05, 3.63) is 23.3 Å². The molecule has 1 rings (SSSR count). The van der Waals surface area contributed by atoms with Gasteiger partial charge in [0, 0.05) is 12.0 Å². The summed E-state index contributed by atoms with van der Waals surface area (Å²) < 4.78 is 74.5. The summed E-state index contributed by atoms with van der Waals surface area (Å²) >= 11 is 0. The van der Waals surface area contributed by atoms with Gasteiger partial charge in [-0.15, -0.1) is 0 Å². The van der Waals surface area contributed by atoms with Gasteiger partial charge < -0.3 is 5.11 Å². The molecule has 0 amide bonds. The van der Waals surface area contributed by atoms with Gasteiger partial charge in [0.25, 0.3) is 0 Å². The Labute approximate surface area is 97.6 Å². The van der Waals surface area contributed by atoms with Crippen LogP contribution >= 0.6 is 0 Å². The fourth-order valence-corrected chi connectivity index (χ4v) is 1.45. The van der Waals surface area contributed by atoms with E-state index in [0.29, 0.717) is 0 Å². The number of ketones is 1. The van der Waals surface area contributed by atoms with Gasteiger partial charge in [0.05, 0.1) is 5.57 Å². The summed E-state index contributed by atoms with van der Waals surface area (Å²) in [6.07, 6.45) is -11.3. The minimum Gasteiger partial charge on any atom is -0.378 e. The van der Waals surface area contributed by atoms with Crippen LogP contribution in [0.5, 0.6) is 0 Å². The first kappa shape index (κ1) is 14.7. The molecule has 0 bridgehead atoms. The van der Waals surface area contributed by atoms with E-state index in [1.54, 1.807) is 0 Å². The number of hydrogen-bond acceptors (Lipinski definition) is 2. The van der Waals surface area contributed by atoms with Crippen molar-refractivity contribution in [2.24, 2.45) is 0 Å². The second-order valence-corrected chi connectivity index (χ2v) is 3.92. The summed E-state index contributed by atoms with van der Waals surface area (Å²) in [6, 6.07) is 0. The van der Waals surface area contributed by atoms with Crippen LogP contribution in [0.3, 0.4) is 0 Å². The van der Waals surface area contributed by atoms with Gasteiger partial charge in [-0.3, -0.25) is 4.79 Å². The molecule has 0 aliphatic heterocycles. The summed E-state index contributed by atoms with van der Waals surface area (Å²) in [5.74, 6) is -1.18. The maximum atomic E-state index is 12.4. The molecule has 8 heteroatoms. The molecular formula is C10H8F6O2. The minimum absolute atomic E-state index is 0.0998. The standard InChI is InChI=1S/C10H8F6O2/c1-5(17)8(18)3-6(9(11,12)13)2-7(4-8)10(14,15)16/h2-3,18H,4H2,1H3/t8-/m0/s1. The van der Waals surface area contributed by atoms with E-state index in [2.05, 4.69) is 0 Å². The summed E-state index contributed by atoms with van der Waals surface area (Å²) in [7, 11) is 0. The number of carbonyl (C=O) groups is 1. The van der Waals surface area contributed by atoms with Crippen molar-refractivity contribution in [2.75, 3.05) is 0 Å². The third-order valence-electron chi connectivity index (χ3n) is 2.49. The summed E-state index contributed by atoms with van der Waals surface area (Å²) in [4.78, 5) is 11.0. The van der Waals surface area contributed by atoms with E-state index in [9.17, 15) is 36.2 Å². The molecule has 0 aromatic rings. The van der Waals surface area contributed by atoms with Crippen LogP contribution in [0.15, 0.2) is 23.3 Å². The predicted octanol–water partition coefficient (Wildman–Crippen LogP) is 2.69. The van der Waals surface area contributed by atoms with Crippen LogP contribution in [-0.4, -0.2) is 28.8 Å². The van der Waals surface area contributed by atoms with Gasteiger partial charge >= 0.3 is 12.4 Å². The van der Waals surface area contributed by atoms with Gasteiger partial charge in [-0.1, -0.05) is 0 Å². The fraction of sp³-hybridized carbons (Fsp3) is 0.500. The second-order valence-electron chi connectivity index (χ2n) is 3.92. The van der Waals surface area contributed by atoms with E-state index in [1.165, 1.54) is 0 Å². The lowest BCUT2D eigenvalue weighted by Gasteiger charge is -2.29. The molecule has 102 valence electrons. The molecule has 0 aromatic carbocycles. The Morgan fingerprint density at radius 3 is 2.06 bits per heavy atom. The van der Waals surface area contributed by atoms with Crippen molar-refractivity contribution >= 4 is 5.78 Å². The van der Waals surface area contributed by atoms with Crippen LogP contribution in [0.4, 0.5) is 26.3 Å². The SMILES string of the molecule is CC(=O)[C@]1(O)C=C(C(F)(F)F)C=C(C(F)(F)F)C1. The highest BCUT2D eigenvalue weighted by Crippen LogP contribution is 2.41. The monoisotopic (exact) mass is 274 g/mol. The van der Waals surface area contributed by atoms with Crippen LogP contribution in [-0.2, 0) is 4.79 Å². The van der Waals surface area contributed by atoms with Crippen molar-refractivity contribution in [1.82, 2.24) is 0 Å². The Hall–Kier alpha value is -1.31. The Kier molecular flexibility index (Phi) is 3.37. The predicted molar refractivity (Wildman–Crippen MR) is 48.5 cm³/mol. The molecule has 0 fully saturated rings. The Bertz CT molecular complexity index is 429. The van der Waals surface area contributed by atoms with Gasteiger partial charge in [-0.25, -0.2) is 0 Å². The minimum atomic E-state index is -5.07. The molecule has 0 heterocycles. The second kappa shape index (κ2) is 4.11. The average molecular weight is 274 g/mol. The maximum absolute atomic E-state index is 12.4. The molecule has 0 saturated carbocycles. The topological polar surface area (TPSA) is 37.3 Å². The largest absolute Gasteiger partial charge is 0.416 e.